The third-order valence-corrected chi connectivity index (χ3v) is 14.1. The molecule has 0 spiro atoms. The van der Waals surface area contributed by atoms with E-state index in [-0.39, 0.29) is 16.7 Å². The highest BCUT2D eigenvalue weighted by Crippen LogP contribution is 2.78. The van der Waals surface area contributed by atoms with Gasteiger partial charge in [0.15, 0.2) is 0 Å². The van der Waals surface area contributed by atoms with Gasteiger partial charge in [0.2, 0.25) is 0 Å². The second-order valence-corrected chi connectivity index (χ2v) is 16.1. The van der Waals surface area contributed by atoms with Gasteiger partial charge in [0.25, 0.3) is 0 Å². The van der Waals surface area contributed by atoms with E-state index in [1.165, 1.54) is 57.8 Å². The van der Waals surface area contributed by atoms with Crippen LogP contribution in [0.2, 0.25) is 0 Å². The number of rotatable bonds is 1. The SMILES string of the molecule is C[C@H]1/C(=N/NC(N)=O)[C@H](O)C[C@@H]2[C@]1(C)CC[C@@H]1[C@]2(C)CC[C@@]2(C)[C@H]3CC(C)(C)CC[C@]3(C)CC[C@]12C. The first kappa shape index (κ1) is 26.5. The van der Waals surface area contributed by atoms with Gasteiger partial charge in [0.05, 0.1) is 11.8 Å². The molecule has 0 bridgehead atoms. The minimum atomic E-state index is -0.667. The van der Waals surface area contributed by atoms with Crippen molar-refractivity contribution in [3.05, 3.63) is 0 Å². The van der Waals surface area contributed by atoms with Crippen molar-refractivity contribution in [3.63, 3.8) is 0 Å². The summed E-state index contributed by atoms with van der Waals surface area (Å²) in [5.41, 5.74) is 10.4. The van der Waals surface area contributed by atoms with Crippen LogP contribution in [0, 0.1) is 56.2 Å². The number of carbonyl (C=O) groups is 1. The Kier molecular flexibility index (Phi) is 5.86. The van der Waals surface area contributed by atoms with Gasteiger partial charge in [-0.1, -0.05) is 55.4 Å². The summed E-state index contributed by atoms with van der Waals surface area (Å²) in [4.78, 5) is 11.3. The first-order valence-electron chi connectivity index (χ1n) is 14.8. The van der Waals surface area contributed by atoms with Crippen molar-refractivity contribution in [2.45, 2.75) is 126 Å². The van der Waals surface area contributed by atoms with Crippen molar-refractivity contribution >= 4 is 11.7 Å². The fourth-order valence-electron chi connectivity index (χ4n) is 11.5. The van der Waals surface area contributed by atoms with Crippen molar-refractivity contribution < 1.29 is 9.90 Å². The minimum absolute atomic E-state index is 0.0722. The quantitative estimate of drug-likeness (QED) is 0.343. The van der Waals surface area contributed by atoms with Gasteiger partial charge in [-0.3, -0.25) is 0 Å². The summed E-state index contributed by atoms with van der Waals surface area (Å²) in [6, 6.07) is -0.667. The second kappa shape index (κ2) is 7.96. The molecule has 2 amide bonds. The number of hydrogen-bond donors (Lipinski definition) is 3. The van der Waals surface area contributed by atoms with Gasteiger partial charge in [0, 0.05) is 5.92 Å². The van der Waals surface area contributed by atoms with Gasteiger partial charge in [-0.05, 0) is 114 Å². The lowest BCUT2D eigenvalue weighted by molar-refractivity contribution is -0.256. The van der Waals surface area contributed by atoms with E-state index in [1.807, 2.05) is 0 Å². The van der Waals surface area contributed by atoms with Crippen LogP contribution < -0.4 is 11.2 Å². The van der Waals surface area contributed by atoms with Crippen LogP contribution in [0.5, 0.6) is 0 Å². The lowest BCUT2D eigenvalue weighted by Crippen LogP contribution is -2.68. The molecule has 36 heavy (non-hydrogen) atoms. The van der Waals surface area contributed by atoms with Crippen LogP contribution in [0.4, 0.5) is 4.79 Å². The van der Waals surface area contributed by atoms with E-state index in [4.69, 9.17) is 5.73 Å². The number of hydrogen-bond acceptors (Lipinski definition) is 3. The number of urea groups is 1. The number of nitrogens with two attached hydrogens (primary N) is 1. The van der Waals surface area contributed by atoms with Crippen molar-refractivity contribution in [3.8, 4) is 0 Å². The maximum Gasteiger partial charge on any atom is 0.332 e. The number of fused-ring (bicyclic) bond motifs is 7. The van der Waals surface area contributed by atoms with E-state index in [0.717, 1.165) is 12.3 Å². The van der Waals surface area contributed by atoms with Crippen LogP contribution in [0.25, 0.3) is 0 Å². The summed E-state index contributed by atoms with van der Waals surface area (Å²) in [6.07, 6.45) is 12.0. The van der Waals surface area contributed by atoms with E-state index in [1.54, 1.807) is 0 Å². The maximum atomic E-state index is 11.3. The first-order valence-corrected chi connectivity index (χ1v) is 14.8. The van der Waals surface area contributed by atoms with Crippen LogP contribution in [-0.2, 0) is 0 Å². The van der Waals surface area contributed by atoms with Gasteiger partial charge in [-0.2, -0.15) is 5.10 Å². The third-order valence-electron chi connectivity index (χ3n) is 14.1. The lowest BCUT2D eigenvalue weighted by Gasteiger charge is -2.75. The van der Waals surface area contributed by atoms with Gasteiger partial charge in [-0.25, -0.2) is 10.2 Å². The van der Waals surface area contributed by atoms with E-state index < -0.39 is 12.1 Å². The van der Waals surface area contributed by atoms with Crippen LogP contribution in [-0.4, -0.2) is 23.0 Å². The Hall–Kier alpha value is -1.10. The molecule has 10 atom stereocenters. The Labute approximate surface area is 219 Å². The third kappa shape index (κ3) is 3.42. The predicted octanol–water partition coefficient (Wildman–Crippen LogP) is 6.88. The molecule has 5 saturated carbocycles. The van der Waals surface area contributed by atoms with Crippen LogP contribution >= 0.6 is 0 Å². The van der Waals surface area contributed by atoms with Crippen LogP contribution in [0.1, 0.15) is 120 Å². The summed E-state index contributed by atoms with van der Waals surface area (Å²) >= 11 is 0. The molecule has 204 valence electrons. The van der Waals surface area contributed by atoms with Crippen molar-refractivity contribution in [2.24, 2.45) is 67.0 Å². The molecule has 5 heteroatoms. The van der Waals surface area contributed by atoms with E-state index in [0.29, 0.717) is 39.2 Å². The zero-order valence-electron chi connectivity index (χ0n) is 24.3. The zero-order chi connectivity index (χ0) is 26.5. The Balaban J connectivity index is 1.51. The molecule has 0 heterocycles. The molecule has 0 aromatic heterocycles. The average Bonchev–Trinajstić information content (AvgIpc) is 2.78. The fourth-order valence-corrected chi connectivity index (χ4v) is 11.5. The summed E-state index contributed by atoms with van der Waals surface area (Å²) in [7, 11) is 0. The number of hydrazone groups is 1. The number of nitrogens with one attached hydrogen (secondary N) is 1. The monoisotopic (exact) mass is 499 g/mol. The molecule has 0 aromatic carbocycles. The zero-order valence-corrected chi connectivity index (χ0v) is 24.3. The molecule has 4 N–H and O–H groups in total. The van der Waals surface area contributed by atoms with E-state index in [9.17, 15) is 9.90 Å². The fraction of sp³-hybridized carbons (Fsp3) is 0.935. The largest absolute Gasteiger partial charge is 0.387 e. The first-order chi connectivity index (χ1) is 16.5. The Morgan fingerprint density at radius 3 is 2.14 bits per heavy atom. The highest BCUT2D eigenvalue weighted by Gasteiger charge is 2.71. The molecule has 5 aliphatic carbocycles. The lowest BCUT2D eigenvalue weighted by atomic mass is 9.30. The Morgan fingerprint density at radius 1 is 0.861 bits per heavy atom. The predicted molar refractivity (Wildman–Crippen MR) is 146 cm³/mol. The molecular formula is C31H53N3O2. The maximum absolute atomic E-state index is 11.3. The normalized spacial score (nSPS) is 55.0. The van der Waals surface area contributed by atoms with Crippen LogP contribution in [0.15, 0.2) is 5.10 Å². The number of aliphatic hydroxyl groups is 1. The molecule has 0 unspecified atom stereocenters. The molecular weight excluding hydrogens is 446 g/mol. The Morgan fingerprint density at radius 2 is 1.47 bits per heavy atom. The standard InChI is InChI=1S/C31H53N3O2/c1-19-24(33-34-25(32)36)20(35)17-22-28(19,5)10-9-21-29(22,6)14-16-31(8)23-18-26(2,3)11-12-27(23,4)13-15-30(21,31)7/h19-23,35H,9-18H2,1-8H3,(H3,32,34,36)/b33-24-/t19-,20+,21+,22+,23-,27+,28+,29-,30+,31-/m0/s1. The molecule has 0 saturated heterocycles. The molecule has 5 aliphatic rings. The summed E-state index contributed by atoms with van der Waals surface area (Å²) in [6.45, 7) is 20.3. The Bertz CT molecular complexity index is 961. The van der Waals surface area contributed by atoms with Crippen molar-refractivity contribution in [1.82, 2.24) is 5.43 Å². The molecule has 0 radical (unpaired) electrons. The number of carbonyl (C=O) groups excluding carboxylic acids is 1. The summed E-state index contributed by atoms with van der Waals surface area (Å²) in [5.74, 6) is 2.07. The van der Waals surface area contributed by atoms with Gasteiger partial charge in [0.1, 0.15) is 0 Å². The molecule has 5 fully saturated rings. The summed E-state index contributed by atoms with van der Waals surface area (Å²) < 4.78 is 0. The number of aliphatic hydroxyl groups excluding tert-OH is 1. The number of primary amides is 1. The van der Waals surface area contributed by atoms with Gasteiger partial charge < -0.3 is 10.8 Å². The van der Waals surface area contributed by atoms with E-state index >= 15 is 0 Å². The molecule has 0 aliphatic heterocycles. The average molecular weight is 500 g/mol. The van der Waals surface area contributed by atoms with Gasteiger partial charge >= 0.3 is 6.03 Å². The molecule has 5 nitrogen and oxygen atoms in total. The van der Waals surface area contributed by atoms with Crippen molar-refractivity contribution in [1.29, 1.82) is 0 Å². The smallest absolute Gasteiger partial charge is 0.332 e. The molecule has 5 rings (SSSR count). The summed E-state index contributed by atoms with van der Waals surface area (Å²) in [5, 5.41) is 15.6. The second-order valence-electron chi connectivity index (χ2n) is 16.1. The van der Waals surface area contributed by atoms with Crippen molar-refractivity contribution in [2.75, 3.05) is 0 Å². The molecule has 0 aromatic rings. The number of nitrogens with zero attached hydrogens (tertiary/aromatic N) is 1. The van der Waals surface area contributed by atoms with Crippen LogP contribution in [0.3, 0.4) is 0 Å². The topological polar surface area (TPSA) is 87.7 Å². The minimum Gasteiger partial charge on any atom is -0.387 e. The highest BCUT2D eigenvalue weighted by atomic mass is 16.3. The van der Waals surface area contributed by atoms with Gasteiger partial charge in [-0.15, -0.1) is 0 Å². The number of amides is 2. The van der Waals surface area contributed by atoms with E-state index in [2.05, 4.69) is 65.9 Å². The highest BCUT2D eigenvalue weighted by molar-refractivity contribution is 5.92.